The summed E-state index contributed by atoms with van der Waals surface area (Å²) >= 11 is 0. The first-order valence-corrected chi connectivity index (χ1v) is 15.7. The molecule has 0 fully saturated rings. The maximum atomic E-state index is 13.6. The molecule has 0 saturated heterocycles. The first-order chi connectivity index (χ1) is 19.5. The van der Waals surface area contributed by atoms with Crippen molar-refractivity contribution in [3.05, 3.63) is 104 Å². The van der Waals surface area contributed by atoms with Crippen molar-refractivity contribution in [1.82, 2.24) is 13.9 Å². The number of fused-ring (bicyclic) bond motifs is 2. The van der Waals surface area contributed by atoms with Crippen LogP contribution in [-0.4, -0.2) is 74.6 Å². The molecule has 0 unspecified atom stereocenters. The molecule has 0 amide bonds. The minimum absolute atomic E-state index is 0.0228. The van der Waals surface area contributed by atoms with Crippen molar-refractivity contribution < 1.29 is 26.7 Å². The molecule has 0 radical (unpaired) electrons. The molecular weight excluding hydrogens is 574 g/mol. The van der Waals surface area contributed by atoms with Gasteiger partial charge in [0.1, 0.15) is 0 Å². The Labute approximate surface area is 237 Å². The zero-order valence-electron chi connectivity index (χ0n) is 22.0. The molecule has 15 heteroatoms. The van der Waals surface area contributed by atoms with Crippen LogP contribution in [0.15, 0.2) is 82.6 Å². The Morgan fingerprint density at radius 2 is 1.02 bits per heavy atom. The van der Waals surface area contributed by atoms with Crippen molar-refractivity contribution in [3.8, 4) is 0 Å². The summed E-state index contributed by atoms with van der Waals surface area (Å²) in [7, 11) is -8.47. The highest BCUT2D eigenvalue weighted by molar-refractivity contribution is 7.89. The van der Waals surface area contributed by atoms with Crippen molar-refractivity contribution in [2.24, 2.45) is 0 Å². The standard InChI is InChI=1S/C26H29N5O8S2/c32-30(33)23-8-1-3-10-25(23)40(36,37)28-16-12-21-6-5-7-22(20-21)13-17-29(19-15-27-14-18-28)41(38,39)26-11-4-2-9-24(26)31(34)35/h1-11,20,27H,12-19H2. The SMILES string of the molecule is O=[N+]([O-])c1ccccc1S(=O)(=O)N1CCNCCN(S(=O)(=O)c2ccccc2[N+](=O)[O-])CCc2cccc(c2)CC1. The van der Waals surface area contributed by atoms with Crippen LogP contribution in [0, 0.1) is 20.2 Å². The molecule has 2 bridgehead atoms. The summed E-state index contributed by atoms with van der Waals surface area (Å²) in [4.78, 5) is 20.8. The fourth-order valence-corrected chi connectivity index (χ4v) is 7.81. The van der Waals surface area contributed by atoms with Gasteiger partial charge in [-0.2, -0.15) is 8.61 Å². The predicted octanol–water partition coefficient (Wildman–Crippen LogP) is 2.57. The van der Waals surface area contributed by atoms with Gasteiger partial charge in [-0.05, 0) is 36.1 Å². The van der Waals surface area contributed by atoms with E-state index in [4.69, 9.17) is 0 Å². The van der Waals surface area contributed by atoms with Gasteiger partial charge in [-0.3, -0.25) is 20.2 Å². The summed E-state index contributed by atoms with van der Waals surface area (Å²) in [6.45, 7) is 0.393. The van der Waals surface area contributed by atoms with E-state index < -0.39 is 51.1 Å². The molecule has 1 N–H and O–H groups in total. The largest absolute Gasteiger partial charge is 0.314 e. The molecule has 13 nitrogen and oxygen atoms in total. The Kier molecular flexibility index (Phi) is 9.45. The first kappa shape index (κ1) is 30.2. The maximum absolute atomic E-state index is 13.6. The van der Waals surface area contributed by atoms with Gasteiger partial charge in [-0.1, -0.05) is 48.5 Å². The minimum atomic E-state index is -4.24. The van der Waals surface area contributed by atoms with E-state index in [2.05, 4.69) is 5.32 Å². The van der Waals surface area contributed by atoms with E-state index in [1.807, 2.05) is 18.2 Å². The lowest BCUT2D eigenvalue weighted by molar-refractivity contribution is -0.388. The number of rotatable bonds is 6. The average molecular weight is 604 g/mol. The predicted molar refractivity (Wildman–Crippen MR) is 150 cm³/mol. The summed E-state index contributed by atoms with van der Waals surface area (Å²) in [6.07, 6.45) is 0.651. The Bertz CT molecular complexity index is 1530. The van der Waals surface area contributed by atoms with Crippen molar-refractivity contribution in [2.75, 3.05) is 39.3 Å². The van der Waals surface area contributed by atoms with Crippen molar-refractivity contribution in [1.29, 1.82) is 0 Å². The molecule has 4 rings (SSSR count). The van der Waals surface area contributed by atoms with Gasteiger partial charge in [0.15, 0.2) is 9.79 Å². The Morgan fingerprint density at radius 1 is 0.610 bits per heavy atom. The highest BCUT2D eigenvalue weighted by Gasteiger charge is 2.33. The van der Waals surface area contributed by atoms with Crippen LogP contribution in [0.2, 0.25) is 0 Å². The van der Waals surface area contributed by atoms with Crippen molar-refractivity contribution >= 4 is 31.4 Å². The summed E-state index contributed by atoms with van der Waals surface area (Å²) in [5, 5.41) is 26.1. The zero-order valence-corrected chi connectivity index (χ0v) is 23.6. The second kappa shape index (κ2) is 12.8. The monoisotopic (exact) mass is 603 g/mol. The molecule has 218 valence electrons. The third kappa shape index (κ3) is 6.94. The summed E-state index contributed by atoms with van der Waals surface area (Å²) in [5.74, 6) is 0. The molecule has 0 spiro atoms. The smallest absolute Gasteiger partial charge is 0.289 e. The quantitative estimate of drug-likeness (QED) is 0.328. The molecule has 0 atom stereocenters. The molecule has 1 heterocycles. The van der Waals surface area contributed by atoms with Gasteiger partial charge >= 0.3 is 0 Å². The number of hydrogen-bond donors (Lipinski definition) is 1. The lowest BCUT2D eigenvalue weighted by atomic mass is 10.1. The first-order valence-electron chi connectivity index (χ1n) is 12.8. The molecule has 0 saturated carbocycles. The van der Waals surface area contributed by atoms with E-state index in [0.29, 0.717) is 12.8 Å². The van der Waals surface area contributed by atoms with E-state index >= 15 is 0 Å². The lowest BCUT2D eigenvalue weighted by Crippen LogP contribution is -2.42. The second-order valence-electron chi connectivity index (χ2n) is 9.33. The normalized spacial score (nSPS) is 16.5. The van der Waals surface area contributed by atoms with Crippen LogP contribution in [0.3, 0.4) is 0 Å². The number of nitrogens with zero attached hydrogens (tertiary/aromatic N) is 4. The van der Waals surface area contributed by atoms with Gasteiger partial charge < -0.3 is 5.32 Å². The summed E-state index contributed by atoms with van der Waals surface area (Å²) in [6, 6.07) is 17.7. The number of sulfonamides is 2. The highest BCUT2D eigenvalue weighted by atomic mass is 32.2. The topological polar surface area (TPSA) is 173 Å². The fraction of sp³-hybridized carbons (Fsp3) is 0.308. The molecule has 3 aromatic rings. The molecule has 41 heavy (non-hydrogen) atoms. The fourth-order valence-electron chi connectivity index (χ4n) is 4.62. The summed E-state index contributed by atoms with van der Waals surface area (Å²) < 4.78 is 56.6. The van der Waals surface area contributed by atoms with E-state index in [0.717, 1.165) is 23.3 Å². The second-order valence-corrected chi connectivity index (χ2v) is 13.1. The number of benzene rings is 3. The molecule has 0 aliphatic carbocycles. The van der Waals surface area contributed by atoms with Crippen LogP contribution in [-0.2, 0) is 32.9 Å². The van der Waals surface area contributed by atoms with E-state index in [1.165, 1.54) is 45.0 Å². The van der Waals surface area contributed by atoms with Gasteiger partial charge in [-0.15, -0.1) is 0 Å². The van der Waals surface area contributed by atoms with Crippen LogP contribution in [0.4, 0.5) is 11.4 Å². The van der Waals surface area contributed by atoms with Gasteiger partial charge in [0.05, 0.1) is 9.85 Å². The highest BCUT2D eigenvalue weighted by Crippen LogP contribution is 2.28. The van der Waals surface area contributed by atoms with Gasteiger partial charge in [-0.25, -0.2) is 16.8 Å². The Hall–Kier alpha value is -3.76. The van der Waals surface area contributed by atoms with Crippen molar-refractivity contribution in [3.63, 3.8) is 0 Å². The summed E-state index contributed by atoms with van der Waals surface area (Å²) in [5.41, 5.74) is 0.585. The molecule has 0 aromatic heterocycles. The number of nitrogens with one attached hydrogen (secondary N) is 1. The third-order valence-corrected chi connectivity index (χ3v) is 10.6. The van der Waals surface area contributed by atoms with Crippen LogP contribution >= 0.6 is 0 Å². The van der Waals surface area contributed by atoms with Crippen LogP contribution in [0.1, 0.15) is 11.1 Å². The van der Waals surface area contributed by atoms with Crippen molar-refractivity contribution in [2.45, 2.75) is 22.6 Å². The average Bonchev–Trinajstić information content (AvgIpc) is 2.95. The Morgan fingerprint density at radius 3 is 1.44 bits per heavy atom. The number of para-hydroxylation sites is 2. The van der Waals surface area contributed by atoms with E-state index in [9.17, 15) is 37.1 Å². The molecule has 1 aliphatic rings. The molecule has 1 aliphatic heterocycles. The Balaban J connectivity index is 1.63. The minimum Gasteiger partial charge on any atom is -0.314 e. The van der Waals surface area contributed by atoms with Crippen LogP contribution in [0.5, 0.6) is 0 Å². The third-order valence-electron chi connectivity index (χ3n) is 6.73. The number of nitro benzene ring substituents is 2. The zero-order chi connectivity index (χ0) is 29.6. The van der Waals surface area contributed by atoms with Gasteiger partial charge in [0.25, 0.3) is 11.4 Å². The van der Waals surface area contributed by atoms with Gasteiger partial charge in [0, 0.05) is 51.4 Å². The molecular formula is C26H29N5O8S2. The van der Waals surface area contributed by atoms with Crippen LogP contribution in [0.25, 0.3) is 0 Å². The van der Waals surface area contributed by atoms with Crippen LogP contribution < -0.4 is 5.32 Å². The van der Waals surface area contributed by atoms with E-state index in [1.54, 1.807) is 6.07 Å². The maximum Gasteiger partial charge on any atom is 0.289 e. The lowest BCUT2D eigenvalue weighted by Gasteiger charge is -2.25. The van der Waals surface area contributed by atoms with Gasteiger partial charge in [0.2, 0.25) is 20.0 Å². The van der Waals surface area contributed by atoms with E-state index in [-0.39, 0.29) is 39.3 Å². The molecule has 3 aromatic carbocycles. The number of hydrogen-bond acceptors (Lipinski definition) is 9. The number of nitro groups is 2.